The van der Waals surface area contributed by atoms with E-state index in [9.17, 15) is 14.9 Å². The monoisotopic (exact) mass is 661 g/mol. The van der Waals surface area contributed by atoms with Crippen LogP contribution in [0.25, 0.3) is 22.5 Å². The van der Waals surface area contributed by atoms with Crippen molar-refractivity contribution in [3.63, 3.8) is 0 Å². The van der Waals surface area contributed by atoms with Crippen LogP contribution in [0.1, 0.15) is 58.3 Å². The lowest BCUT2D eigenvalue weighted by atomic mass is 9.98. The predicted molar refractivity (Wildman–Crippen MR) is 181 cm³/mol. The van der Waals surface area contributed by atoms with E-state index in [0.717, 1.165) is 52.9 Å². The lowest BCUT2D eigenvalue weighted by molar-refractivity contribution is -0.384. The number of tetrazole rings is 1. The molecule has 48 heavy (non-hydrogen) atoms. The maximum atomic E-state index is 13.4. The first-order valence-electron chi connectivity index (χ1n) is 15.6. The summed E-state index contributed by atoms with van der Waals surface area (Å²) in [7, 11) is 0. The number of imidazole rings is 1. The number of nitro benzene ring substituents is 1. The Balaban J connectivity index is 1.22. The number of rotatable bonds is 13. The van der Waals surface area contributed by atoms with Crippen molar-refractivity contribution in [3.8, 4) is 22.5 Å². The van der Waals surface area contributed by atoms with Gasteiger partial charge in [0.2, 0.25) is 5.82 Å². The highest BCUT2D eigenvalue weighted by Gasteiger charge is 2.20. The van der Waals surface area contributed by atoms with Crippen molar-refractivity contribution in [2.75, 3.05) is 0 Å². The van der Waals surface area contributed by atoms with E-state index in [0.29, 0.717) is 40.8 Å². The van der Waals surface area contributed by atoms with Crippen molar-refractivity contribution in [1.82, 2.24) is 30.2 Å². The Morgan fingerprint density at radius 2 is 1.73 bits per heavy atom. The number of aromatic amines is 1. The highest BCUT2D eigenvalue weighted by molar-refractivity contribution is 6.30. The summed E-state index contributed by atoms with van der Waals surface area (Å²) in [5.74, 6) is 0.833. The average Bonchev–Trinajstić information content (AvgIpc) is 3.75. The number of hydrogen-bond donors (Lipinski definition) is 1. The Bertz CT molecular complexity index is 2040. The summed E-state index contributed by atoms with van der Waals surface area (Å²) in [4.78, 5) is 28.9. The molecule has 0 atom stereocenters. The van der Waals surface area contributed by atoms with Gasteiger partial charge in [-0.1, -0.05) is 104 Å². The zero-order valence-corrected chi connectivity index (χ0v) is 26.9. The van der Waals surface area contributed by atoms with Crippen molar-refractivity contribution >= 4 is 23.3 Å². The minimum atomic E-state index is -0.514. The molecule has 1 N–H and O–H groups in total. The molecule has 11 nitrogen and oxygen atoms in total. The number of hydrogen-bond acceptors (Lipinski definition) is 8. The number of nitro groups is 1. The van der Waals surface area contributed by atoms with Gasteiger partial charge in [0.1, 0.15) is 12.4 Å². The lowest BCUT2D eigenvalue weighted by Crippen LogP contribution is -2.13. The van der Waals surface area contributed by atoms with E-state index < -0.39 is 10.9 Å². The molecule has 12 heteroatoms. The second kappa shape index (κ2) is 14.8. The Hall–Kier alpha value is -5.68. The molecule has 0 aliphatic heterocycles. The molecule has 0 fully saturated rings. The van der Waals surface area contributed by atoms with Gasteiger partial charge in [-0.05, 0) is 51.9 Å². The third-order valence-electron chi connectivity index (χ3n) is 8.07. The number of halogens is 1. The number of unbranched alkanes of at least 4 members (excludes halogenated alkanes) is 1. The zero-order chi connectivity index (χ0) is 33.5. The highest BCUT2D eigenvalue weighted by atomic mass is 35.5. The van der Waals surface area contributed by atoms with Gasteiger partial charge in [-0.25, -0.2) is 9.78 Å². The Morgan fingerprint density at radius 3 is 2.48 bits per heavy atom. The molecule has 0 unspecified atom stereocenters. The molecule has 0 bridgehead atoms. The molecular weight excluding hydrogens is 630 g/mol. The second-order valence-corrected chi connectivity index (χ2v) is 11.6. The first-order chi connectivity index (χ1) is 23.4. The molecule has 6 rings (SSSR count). The van der Waals surface area contributed by atoms with E-state index in [-0.39, 0.29) is 12.3 Å². The molecule has 2 heterocycles. The van der Waals surface area contributed by atoms with Crippen LogP contribution in [0.2, 0.25) is 5.15 Å². The zero-order valence-electron chi connectivity index (χ0n) is 26.2. The second-order valence-electron chi connectivity index (χ2n) is 11.3. The average molecular weight is 662 g/mol. The van der Waals surface area contributed by atoms with Gasteiger partial charge >= 0.3 is 5.97 Å². The first kappa shape index (κ1) is 32.3. The standard InChI is InChI=1S/C36H32ClN7O4/c1-2-3-15-33-38-34(37)32(23-48-36(45)30-13-5-4-10-27(30)20-25-9-8-11-28(21-25)44(46)47)43(33)22-24-16-18-26(19-17-24)29-12-6-7-14-31(29)35-39-41-42-40-35/h4-14,16-19,21H,2-3,15,20,22-23H2,1H3,(H,39,40,41,42). The van der Waals surface area contributed by atoms with Gasteiger partial charge in [-0.2, -0.15) is 5.21 Å². The number of esters is 1. The summed E-state index contributed by atoms with van der Waals surface area (Å²) in [6, 6.07) is 29.6. The summed E-state index contributed by atoms with van der Waals surface area (Å²) in [5.41, 5.74) is 6.30. The molecule has 2 aromatic heterocycles. The van der Waals surface area contributed by atoms with E-state index in [1.165, 1.54) is 12.1 Å². The third-order valence-corrected chi connectivity index (χ3v) is 8.37. The molecule has 0 radical (unpaired) electrons. The van der Waals surface area contributed by atoms with Crippen LogP contribution < -0.4 is 0 Å². The van der Waals surface area contributed by atoms with E-state index in [1.54, 1.807) is 24.3 Å². The van der Waals surface area contributed by atoms with Gasteiger partial charge < -0.3 is 9.30 Å². The van der Waals surface area contributed by atoms with E-state index in [4.69, 9.17) is 16.3 Å². The quantitative estimate of drug-likeness (QED) is 0.0756. The number of nitrogens with one attached hydrogen (secondary N) is 1. The number of nitrogens with zero attached hydrogens (tertiary/aromatic N) is 6. The van der Waals surface area contributed by atoms with Gasteiger partial charge in [-0.15, -0.1) is 10.2 Å². The molecule has 6 aromatic rings. The van der Waals surface area contributed by atoms with Crippen molar-refractivity contribution in [1.29, 1.82) is 0 Å². The maximum absolute atomic E-state index is 13.4. The van der Waals surface area contributed by atoms with Crippen molar-refractivity contribution < 1.29 is 14.5 Å². The smallest absolute Gasteiger partial charge is 0.338 e. The summed E-state index contributed by atoms with van der Waals surface area (Å²) >= 11 is 6.68. The van der Waals surface area contributed by atoms with Crippen LogP contribution in [-0.4, -0.2) is 41.1 Å². The number of H-pyrrole nitrogens is 1. The molecule has 242 valence electrons. The van der Waals surface area contributed by atoms with Crippen LogP contribution >= 0.6 is 11.6 Å². The van der Waals surface area contributed by atoms with Crippen LogP contribution in [0.4, 0.5) is 5.69 Å². The van der Waals surface area contributed by atoms with Crippen LogP contribution in [0.5, 0.6) is 0 Å². The molecule has 0 amide bonds. The fourth-order valence-corrected chi connectivity index (χ4v) is 5.87. The minimum Gasteiger partial charge on any atom is -0.456 e. The fourth-order valence-electron chi connectivity index (χ4n) is 5.62. The van der Waals surface area contributed by atoms with Crippen LogP contribution in [0.15, 0.2) is 97.1 Å². The molecule has 0 aliphatic rings. The highest BCUT2D eigenvalue weighted by Crippen LogP contribution is 2.30. The fraction of sp³-hybridized carbons (Fsp3) is 0.194. The van der Waals surface area contributed by atoms with E-state index in [1.807, 2.05) is 41.0 Å². The number of aromatic nitrogens is 6. The Labute approximate surface area is 281 Å². The predicted octanol–water partition coefficient (Wildman–Crippen LogP) is 7.63. The number of carbonyl (C=O) groups is 1. The number of benzene rings is 4. The van der Waals surface area contributed by atoms with E-state index >= 15 is 0 Å². The SMILES string of the molecule is CCCCc1nc(Cl)c(COC(=O)c2ccccc2Cc2cccc([N+](=O)[O-])c2)n1Cc1ccc(-c2ccccc2-c2nn[nH]n2)cc1. The van der Waals surface area contributed by atoms with Crippen molar-refractivity contribution in [3.05, 3.63) is 146 Å². The third kappa shape index (κ3) is 7.31. The number of carbonyl (C=O) groups excluding carboxylic acids is 1. The number of aryl methyl sites for hydroxylation is 1. The topological polar surface area (TPSA) is 142 Å². The Morgan fingerprint density at radius 1 is 0.958 bits per heavy atom. The largest absolute Gasteiger partial charge is 0.456 e. The van der Waals surface area contributed by atoms with E-state index in [2.05, 4.69) is 56.8 Å². The minimum absolute atomic E-state index is 0.00218. The van der Waals surface area contributed by atoms with Gasteiger partial charge in [-0.3, -0.25) is 10.1 Å². The maximum Gasteiger partial charge on any atom is 0.338 e. The lowest BCUT2D eigenvalue weighted by Gasteiger charge is -2.14. The molecule has 0 aliphatic carbocycles. The van der Waals surface area contributed by atoms with Crippen LogP contribution in [0.3, 0.4) is 0 Å². The number of non-ortho nitro benzene ring substituents is 1. The first-order valence-corrected chi connectivity index (χ1v) is 15.9. The Kier molecular flexibility index (Phi) is 9.96. The van der Waals surface area contributed by atoms with Gasteiger partial charge in [0.15, 0.2) is 5.15 Å². The molecule has 0 saturated carbocycles. The normalized spacial score (nSPS) is 11.0. The molecule has 4 aromatic carbocycles. The summed E-state index contributed by atoms with van der Waals surface area (Å²) in [5, 5.41) is 26.1. The van der Waals surface area contributed by atoms with Gasteiger partial charge in [0.25, 0.3) is 5.69 Å². The summed E-state index contributed by atoms with van der Waals surface area (Å²) < 4.78 is 7.88. The molecule has 0 spiro atoms. The summed E-state index contributed by atoms with van der Waals surface area (Å²) in [6.07, 6.45) is 2.99. The molecular formula is C36H32ClN7O4. The van der Waals surface area contributed by atoms with Gasteiger partial charge in [0, 0.05) is 30.7 Å². The summed E-state index contributed by atoms with van der Waals surface area (Å²) in [6.45, 7) is 2.54. The van der Waals surface area contributed by atoms with Gasteiger partial charge in [0.05, 0.1) is 16.2 Å². The van der Waals surface area contributed by atoms with Crippen LogP contribution in [0, 0.1) is 10.1 Å². The molecule has 0 saturated heterocycles. The van der Waals surface area contributed by atoms with Crippen molar-refractivity contribution in [2.24, 2.45) is 0 Å². The number of ether oxygens (including phenoxy) is 1. The van der Waals surface area contributed by atoms with Crippen LogP contribution in [-0.2, 0) is 30.7 Å². The van der Waals surface area contributed by atoms with Crippen molar-refractivity contribution in [2.45, 2.75) is 45.8 Å².